The zero-order chi connectivity index (χ0) is 17.2. The zero-order valence-corrected chi connectivity index (χ0v) is 16.6. The van der Waals surface area contributed by atoms with E-state index in [1.54, 1.807) is 0 Å². The van der Waals surface area contributed by atoms with Crippen molar-refractivity contribution in [2.45, 2.75) is 123 Å². The van der Waals surface area contributed by atoms with Gasteiger partial charge in [-0.05, 0) is 53.4 Å². The lowest BCUT2D eigenvalue weighted by Gasteiger charge is -2.51. The second kappa shape index (κ2) is 10.7. The van der Waals surface area contributed by atoms with Crippen LogP contribution in [-0.2, 0) is 4.84 Å². The first kappa shape index (κ1) is 21.0. The molecule has 0 aliphatic carbocycles. The minimum atomic E-state index is 0.125. The molecule has 0 atom stereocenters. The van der Waals surface area contributed by atoms with E-state index in [2.05, 4.69) is 46.1 Å². The Labute approximate surface area is 146 Å². The van der Waals surface area contributed by atoms with Crippen LogP contribution in [0.4, 0.5) is 0 Å². The van der Waals surface area contributed by atoms with E-state index in [0.29, 0.717) is 0 Å². The third-order valence-electron chi connectivity index (χ3n) is 5.11. The highest BCUT2D eigenvalue weighted by molar-refractivity contribution is 4.99. The summed E-state index contributed by atoms with van der Waals surface area (Å²) < 4.78 is 0. The molecule has 0 spiro atoms. The lowest BCUT2D eigenvalue weighted by molar-refractivity contribution is -0.274. The third-order valence-corrected chi connectivity index (χ3v) is 5.11. The molecule has 0 aromatic rings. The largest absolute Gasteiger partial charge is 0.298 e. The Morgan fingerprint density at radius 2 is 1.17 bits per heavy atom. The Hall–Kier alpha value is -0.0800. The van der Waals surface area contributed by atoms with Crippen LogP contribution in [0.25, 0.3) is 0 Å². The normalized spacial score (nSPS) is 20.7. The lowest BCUT2D eigenvalue weighted by Crippen LogP contribution is -2.58. The highest BCUT2D eigenvalue weighted by Crippen LogP contribution is 2.37. The Morgan fingerprint density at radius 1 is 0.739 bits per heavy atom. The van der Waals surface area contributed by atoms with Crippen LogP contribution in [-0.4, -0.2) is 22.7 Å². The molecule has 1 saturated heterocycles. The molecule has 1 aliphatic heterocycles. The first-order valence-electron chi connectivity index (χ1n) is 10.1. The molecule has 0 aromatic heterocycles. The van der Waals surface area contributed by atoms with Crippen molar-refractivity contribution < 1.29 is 4.84 Å². The van der Waals surface area contributed by atoms with Gasteiger partial charge in [0, 0.05) is 11.1 Å². The van der Waals surface area contributed by atoms with Crippen molar-refractivity contribution in [3.8, 4) is 0 Å². The molecule has 1 heterocycles. The SMILES string of the molecule is CCCCCCCCCCCCON1C(C)(C)C[CH]CC1(C)C. The Morgan fingerprint density at radius 3 is 1.65 bits per heavy atom. The number of unbranched alkanes of at least 4 members (excludes halogenated alkanes) is 9. The molecule has 2 nitrogen and oxygen atoms in total. The third kappa shape index (κ3) is 8.03. The van der Waals surface area contributed by atoms with E-state index in [1.807, 2.05) is 0 Å². The minimum Gasteiger partial charge on any atom is -0.298 e. The summed E-state index contributed by atoms with van der Waals surface area (Å²) >= 11 is 0. The van der Waals surface area contributed by atoms with Gasteiger partial charge in [0.2, 0.25) is 0 Å². The summed E-state index contributed by atoms with van der Waals surface area (Å²) in [5, 5.41) is 2.27. The maximum Gasteiger partial charge on any atom is 0.0685 e. The summed E-state index contributed by atoms with van der Waals surface area (Å²) in [4.78, 5) is 6.20. The Balaban J connectivity index is 2.03. The van der Waals surface area contributed by atoms with Gasteiger partial charge in [0.15, 0.2) is 0 Å². The summed E-state index contributed by atoms with van der Waals surface area (Å²) in [6, 6.07) is 0. The van der Waals surface area contributed by atoms with Gasteiger partial charge in [-0.15, -0.1) is 0 Å². The summed E-state index contributed by atoms with van der Waals surface area (Å²) in [5.41, 5.74) is 0.250. The van der Waals surface area contributed by atoms with Crippen LogP contribution in [0.1, 0.15) is 112 Å². The van der Waals surface area contributed by atoms with Crippen molar-refractivity contribution in [1.82, 2.24) is 5.06 Å². The van der Waals surface area contributed by atoms with E-state index in [-0.39, 0.29) is 11.1 Å². The molecule has 0 aromatic carbocycles. The molecule has 0 amide bonds. The molecule has 0 bridgehead atoms. The van der Waals surface area contributed by atoms with Crippen molar-refractivity contribution >= 4 is 0 Å². The first-order chi connectivity index (χ1) is 10.9. The highest BCUT2D eigenvalue weighted by atomic mass is 16.7. The van der Waals surface area contributed by atoms with E-state index in [0.717, 1.165) is 19.4 Å². The number of rotatable bonds is 12. The Bertz CT molecular complexity index is 282. The minimum absolute atomic E-state index is 0.125. The number of hydrogen-bond acceptors (Lipinski definition) is 2. The Kier molecular flexibility index (Phi) is 9.77. The van der Waals surface area contributed by atoms with Gasteiger partial charge in [-0.2, -0.15) is 5.06 Å². The second-order valence-electron chi connectivity index (χ2n) is 8.63. The average Bonchev–Trinajstić information content (AvgIpc) is 2.46. The van der Waals surface area contributed by atoms with Crippen molar-refractivity contribution in [3.63, 3.8) is 0 Å². The van der Waals surface area contributed by atoms with E-state index >= 15 is 0 Å². The number of piperidine rings is 1. The predicted octanol–water partition coefficient (Wildman–Crippen LogP) is 6.70. The summed E-state index contributed by atoms with van der Waals surface area (Å²) in [6.45, 7) is 12.3. The lowest BCUT2D eigenvalue weighted by atomic mass is 9.82. The summed E-state index contributed by atoms with van der Waals surface area (Å²) in [5.74, 6) is 0. The quantitative estimate of drug-likeness (QED) is 0.370. The highest BCUT2D eigenvalue weighted by Gasteiger charge is 2.42. The maximum absolute atomic E-state index is 6.20. The van der Waals surface area contributed by atoms with Crippen LogP contribution in [0.5, 0.6) is 0 Å². The summed E-state index contributed by atoms with van der Waals surface area (Å²) in [6.07, 6.45) is 18.4. The van der Waals surface area contributed by atoms with E-state index in [4.69, 9.17) is 4.84 Å². The monoisotopic (exact) mass is 324 g/mol. The molecule has 23 heavy (non-hydrogen) atoms. The zero-order valence-electron chi connectivity index (χ0n) is 16.6. The van der Waals surface area contributed by atoms with Gasteiger partial charge in [0.1, 0.15) is 0 Å². The van der Waals surface area contributed by atoms with Crippen LogP contribution in [0.2, 0.25) is 0 Å². The van der Waals surface area contributed by atoms with Gasteiger partial charge < -0.3 is 0 Å². The van der Waals surface area contributed by atoms with Gasteiger partial charge >= 0.3 is 0 Å². The molecule has 1 aliphatic rings. The van der Waals surface area contributed by atoms with Crippen LogP contribution in [0.3, 0.4) is 0 Å². The van der Waals surface area contributed by atoms with Crippen LogP contribution in [0.15, 0.2) is 0 Å². The van der Waals surface area contributed by atoms with E-state index in [1.165, 1.54) is 64.2 Å². The van der Waals surface area contributed by atoms with E-state index < -0.39 is 0 Å². The van der Waals surface area contributed by atoms with E-state index in [9.17, 15) is 0 Å². The van der Waals surface area contributed by atoms with Crippen LogP contribution < -0.4 is 0 Å². The van der Waals surface area contributed by atoms with Crippen LogP contribution >= 0.6 is 0 Å². The van der Waals surface area contributed by atoms with Crippen molar-refractivity contribution in [2.24, 2.45) is 0 Å². The average molecular weight is 325 g/mol. The molecule has 1 rings (SSSR count). The van der Waals surface area contributed by atoms with Crippen LogP contribution in [0, 0.1) is 6.42 Å². The number of hydrogen-bond donors (Lipinski definition) is 0. The van der Waals surface area contributed by atoms with Crippen molar-refractivity contribution in [2.75, 3.05) is 6.61 Å². The molecule has 1 fully saturated rings. The molecule has 0 unspecified atom stereocenters. The van der Waals surface area contributed by atoms with Crippen molar-refractivity contribution in [3.05, 3.63) is 6.42 Å². The molecule has 137 valence electrons. The fourth-order valence-corrected chi connectivity index (χ4v) is 3.86. The number of nitrogens with zero attached hydrogens (tertiary/aromatic N) is 1. The predicted molar refractivity (Wildman–Crippen MR) is 101 cm³/mol. The van der Waals surface area contributed by atoms with Gasteiger partial charge in [-0.25, -0.2) is 0 Å². The summed E-state index contributed by atoms with van der Waals surface area (Å²) in [7, 11) is 0. The number of hydroxylamine groups is 2. The van der Waals surface area contributed by atoms with Gasteiger partial charge in [-0.1, -0.05) is 64.7 Å². The molecule has 0 N–H and O–H groups in total. The van der Waals surface area contributed by atoms with Gasteiger partial charge in [0.05, 0.1) is 6.61 Å². The fraction of sp³-hybridized carbons (Fsp3) is 0.952. The molecular weight excluding hydrogens is 282 g/mol. The first-order valence-corrected chi connectivity index (χ1v) is 10.1. The smallest absolute Gasteiger partial charge is 0.0685 e. The molecule has 2 heteroatoms. The van der Waals surface area contributed by atoms with Crippen molar-refractivity contribution in [1.29, 1.82) is 0 Å². The molecule has 1 radical (unpaired) electrons. The maximum atomic E-state index is 6.20. The van der Waals surface area contributed by atoms with Gasteiger partial charge in [0.25, 0.3) is 0 Å². The molecule has 0 saturated carbocycles. The van der Waals surface area contributed by atoms with Gasteiger partial charge in [-0.3, -0.25) is 4.84 Å². The second-order valence-corrected chi connectivity index (χ2v) is 8.63. The fourth-order valence-electron chi connectivity index (χ4n) is 3.86. The molecular formula is C21H42NO. The standard InChI is InChI=1S/C21H42NO/c1-6-7-8-9-10-11-12-13-14-15-19-23-22-20(2,3)17-16-18-21(22,4)5/h16H,6-15,17-19H2,1-5H3. The topological polar surface area (TPSA) is 12.5 Å².